The second kappa shape index (κ2) is 19.5. The maximum absolute atomic E-state index is 10.1. The molecule has 0 aromatic heterocycles. The third-order valence-corrected chi connectivity index (χ3v) is 3.53. The fourth-order valence-corrected chi connectivity index (χ4v) is 2.14. The zero-order chi connectivity index (χ0) is 18.6. The Morgan fingerprint density at radius 3 is 1.00 bits per heavy atom. The molecule has 0 radical (unpaired) electrons. The maximum atomic E-state index is 10.1. The number of hydrogen-bond acceptors (Lipinski definition) is 3. The maximum Gasteiger partial charge on any atom is 0.303 e. The van der Waals surface area contributed by atoms with Crippen LogP contribution in [0.2, 0.25) is 0 Å². The van der Waals surface area contributed by atoms with Crippen LogP contribution in [0.15, 0.2) is 0 Å². The average molecular weight is 346 g/mol. The van der Waals surface area contributed by atoms with Gasteiger partial charge in [-0.05, 0) is 19.3 Å². The SMILES string of the molecule is CCCCCCCC(=O)O.O=C(O)CCCCCCCCC(=O)O. The lowest BCUT2D eigenvalue weighted by atomic mass is 10.1. The highest BCUT2D eigenvalue weighted by molar-refractivity contribution is 5.67. The first-order chi connectivity index (χ1) is 11.4. The zero-order valence-corrected chi connectivity index (χ0v) is 15.0. The first-order valence-corrected chi connectivity index (χ1v) is 9.05. The van der Waals surface area contributed by atoms with Crippen LogP contribution < -0.4 is 0 Å². The van der Waals surface area contributed by atoms with Gasteiger partial charge in [0.25, 0.3) is 0 Å². The van der Waals surface area contributed by atoms with Crippen LogP contribution in [0.4, 0.5) is 0 Å². The first-order valence-electron chi connectivity index (χ1n) is 9.05. The smallest absolute Gasteiger partial charge is 0.303 e. The van der Waals surface area contributed by atoms with Crippen molar-refractivity contribution in [3.8, 4) is 0 Å². The van der Waals surface area contributed by atoms with Crippen molar-refractivity contribution in [2.75, 3.05) is 0 Å². The highest BCUT2D eigenvalue weighted by Crippen LogP contribution is 2.08. The first kappa shape index (κ1) is 24.7. The van der Waals surface area contributed by atoms with Crippen LogP contribution in [0.25, 0.3) is 0 Å². The molecule has 0 bridgehead atoms. The molecule has 0 aromatic rings. The number of carbonyl (C=O) groups is 3. The molecule has 0 unspecified atom stereocenters. The molecular formula is C18H34O6. The molecule has 0 atom stereocenters. The van der Waals surface area contributed by atoms with Gasteiger partial charge < -0.3 is 15.3 Å². The van der Waals surface area contributed by atoms with Crippen molar-refractivity contribution in [2.24, 2.45) is 0 Å². The van der Waals surface area contributed by atoms with Crippen molar-refractivity contribution in [3.63, 3.8) is 0 Å². The Morgan fingerprint density at radius 2 is 0.750 bits per heavy atom. The standard InChI is InChI=1S/C10H18O4.C8H16O2/c11-9(12)7-5-3-1-2-4-6-8-10(13)14;1-2-3-4-5-6-7-8(9)10/h1-8H2,(H,11,12)(H,13,14);2-7H2,1H3,(H,9,10). The Bertz CT molecular complexity index is 307. The van der Waals surface area contributed by atoms with Crippen LogP contribution in [0.1, 0.15) is 96.8 Å². The van der Waals surface area contributed by atoms with Crippen molar-refractivity contribution in [1.82, 2.24) is 0 Å². The minimum atomic E-state index is -0.740. The highest BCUT2D eigenvalue weighted by atomic mass is 16.4. The molecule has 0 aliphatic heterocycles. The Kier molecular flexibility index (Phi) is 20.0. The minimum absolute atomic E-state index is 0.245. The summed E-state index contributed by atoms with van der Waals surface area (Å²) in [7, 11) is 0. The summed E-state index contributed by atoms with van der Waals surface area (Å²) in [4.78, 5) is 30.3. The zero-order valence-electron chi connectivity index (χ0n) is 15.0. The third kappa shape index (κ3) is 28.6. The van der Waals surface area contributed by atoms with Gasteiger partial charge in [0.05, 0.1) is 0 Å². The van der Waals surface area contributed by atoms with Crippen LogP contribution in [0, 0.1) is 0 Å². The number of carboxylic acid groups (broad SMARTS) is 3. The quantitative estimate of drug-likeness (QED) is 0.370. The van der Waals surface area contributed by atoms with Gasteiger partial charge in [-0.1, -0.05) is 58.3 Å². The molecule has 0 saturated carbocycles. The molecule has 0 fully saturated rings. The number of aliphatic carboxylic acids is 3. The van der Waals surface area contributed by atoms with E-state index in [1.165, 1.54) is 19.3 Å². The number of carboxylic acids is 3. The molecule has 6 nitrogen and oxygen atoms in total. The summed E-state index contributed by atoms with van der Waals surface area (Å²) in [6.45, 7) is 2.15. The summed E-state index contributed by atoms with van der Waals surface area (Å²) >= 11 is 0. The van der Waals surface area contributed by atoms with Crippen LogP contribution in [-0.4, -0.2) is 33.2 Å². The van der Waals surface area contributed by atoms with E-state index in [0.29, 0.717) is 6.42 Å². The fraction of sp³-hybridized carbons (Fsp3) is 0.833. The predicted molar refractivity (Wildman–Crippen MR) is 93.2 cm³/mol. The van der Waals surface area contributed by atoms with Crippen molar-refractivity contribution in [3.05, 3.63) is 0 Å². The molecule has 0 rings (SSSR count). The lowest BCUT2D eigenvalue weighted by Gasteiger charge is -1.98. The van der Waals surface area contributed by atoms with Gasteiger partial charge in [-0.3, -0.25) is 14.4 Å². The lowest BCUT2D eigenvalue weighted by Crippen LogP contribution is -1.94. The predicted octanol–water partition coefficient (Wildman–Crippen LogP) is 4.71. The summed E-state index contributed by atoms with van der Waals surface area (Å²) in [5.74, 6) is -2.15. The Hall–Kier alpha value is -1.59. The topological polar surface area (TPSA) is 112 Å². The van der Waals surface area contributed by atoms with Gasteiger partial charge in [0.1, 0.15) is 0 Å². The summed E-state index contributed by atoms with van der Waals surface area (Å²) in [5, 5.41) is 25.0. The average Bonchev–Trinajstić information content (AvgIpc) is 2.49. The molecule has 0 saturated heterocycles. The molecule has 0 aliphatic rings. The van der Waals surface area contributed by atoms with Crippen LogP contribution in [0.3, 0.4) is 0 Å². The van der Waals surface area contributed by atoms with E-state index in [1.807, 2.05) is 0 Å². The molecule has 24 heavy (non-hydrogen) atoms. The highest BCUT2D eigenvalue weighted by Gasteiger charge is 1.98. The van der Waals surface area contributed by atoms with Crippen LogP contribution >= 0.6 is 0 Å². The van der Waals surface area contributed by atoms with Gasteiger partial charge in [-0.25, -0.2) is 0 Å². The van der Waals surface area contributed by atoms with E-state index in [4.69, 9.17) is 15.3 Å². The molecule has 142 valence electrons. The van der Waals surface area contributed by atoms with Crippen molar-refractivity contribution < 1.29 is 29.7 Å². The fourth-order valence-electron chi connectivity index (χ4n) is 2.14. The van der Waals surface area contributed by atoms with Gasteiger partial charge in [0.15, 0.2) is 0 Å². The molecule has 0 aromatic carbocycles. The van der Waals surface area contributed by atoms with Gasteiger partial charge in [-0.15, -0.1) is 0 Å². The number of rotatable bonds is 15. The van der Waals surface area contributed by atoms with E-state index in [0.717, 1.165) is 51.4 Å². The van der Waals surface area contributed by atoms with Gasteiger partial charge >= 0.3 is 17.9 Å². The molecule has 0 aliphatic carbocycles. The Morgan fingerprint density at radius 1 is 0.500 bits per heavy atom. The van der Waals surface area contributed by atoms with E-state index in [2.05, 4.69) is 6.92 Å². The second-order valence-electron chi connectivity index (χ2n) is 5.97. The minimum Gasteiger partial charge on any atom is -0.481 e. The Labute approximate surface area is 145 Å². The van der Waals surface area contributed by atoms with Crippen LogP contribution in [-0.2, 0) is 14.4 Å². The normalized spacial score (nSPS) is 9.88. The number of unbranched alkanes of at least 4 members (excludes halogenated alkanes) is 9. The van der Waals surface area contributed by atoms with E-state index in [9.17, 15) is 14.4 Å². The molecular weight excluding hydrogens is 312 g/mol. The molecule has 3 N–H and O–H groups in total. The summed E-state index contributed by atoms with van der Waals surface area (Å²) in [6, 6.07) is 0. The third-order valence-electron chi connectivity index (χ3n) is 3.53. The summed E-state index contributed by atoms with van der Waals surface area (Å²) in [5.41, 5.74) is 0. The lowest BCUT2D eigenvalue weighted by molar-refractivity contribution is -0.138. The van der Waals surface area contributed by atoms with Crippen molar-refractivity contribution in [2.45, 2.75) is 96.8 Å². The second-order valence-corrected chi connectivity index (χ2v) is 5.97. The van der Waals surface area contributed by atoms with E-state index >= 15 is 0 Å². The molecule has 6 heteroatoms. The van der Waals surface area contributed by atoms with E-state index < -0.39 is 17.9 Å². The van der Waals surface area contributed by atoms with E-state index in [-0.39, 0.29) is 12.8 Å². The molecule has 0 heterocycles. The van der Waals surface area contributed by atoms with Gasteiger partial charge in [0.2, 0.25) is 0 Å². The molecule has 0 spiro atoms. The van der Waals surface area contributed by atoms with Crippen LogP contribution in [0.5, 0.6) is 0 Å². The monoisotopic (exact) mass is 346 g/mol. The van der Waals surface area contributed by atoms with Gasteiger partial charge in [0, 0.05) is 19.3 Å². The van der Waals surface area contributed by atoms with Gasteiger partial charge in [-0.2, -0.15) is 0 Å². The van der Waals surface area contributed by atoms with E-state index in [1.54, 1.807) is 0 Å². The Balaban J connectivity index is 0. The largest absolute Gasteiger partial charge is 0.481 e. The number of hydrogen-bond donors (Lipinski definition) is 3. The van der Waals surface area contributed by atoms with Crippen molar-refractivity contribution >= 4 is 17.9 Å². The van der Waals surface area contributed by atoms with Crippen molar-refractivity contribution in [1.29, 1.82) is 0 Å². The summed E-state index contributed by atoms with van der Waals surface area (Å²) in [6.07, 6.45) is 11.7. The molecule has 0 amide bonds. The summed E-state index contributed by atoms with van der Waals surface area (Å²) < 4.78 is 0.